The molecule has 2 aromatic rings. The van der Waals surface area contributed by atoms with Gasteiger partial charge < -0.3 is 15.8 Å². The Bertz CT molecular complexity index is 681. The number of aryl methyl sites for hydroxylation is 1. The zero-order valence-electron chi connectivity index (χ0n) is 14.6. The van der Waals surface area contributed by atoms with Gasteiger partial charge in [-0.3, -0.25) is 4.79 Å². The van der Waals surface area contributed by atoms with Gasteiger partial charge >= 0.3 is 0 Å². The lowest BCUT2D eigenvalue weighted by Crippen LogP contribution is -2.48. The quantitative estimate of drug-likeness (QED) is 0.807. The summed E-state index contributed by atoms with van der Waals surface area (Å²) >= 11 is 0. The van der Waals surface area contributed by atoms with Crippen molar-refractivity contribution in [2.75, 3.05) is 5.32 Å². The summed E-state index contributed by atoms with van der Waals surface area (Å²) in [6.07, 6.45) is 1.52. The van der Waals surface area contributed by atoms with Crippen molar-refractivity contribution in [2.24, 2.45) is 5.73 Å². The van der Waals surface area contributed by atoms with E-state index < -0.39 is 5.54 Å². The molecule has 0 aromatic heterocycles. The van der Waals surface area contributed by atoms with Crippen LogP contribution in [0.2, 0.25) is 0 Å². The molecule has 0 aliphatic carbocycles. The Hall–Kier alpha value is -2.33. The number of carbonyl (C=O) groups is 1. The molecule has 0 aliphatic heterocycles. The Morgan fingerprint density at radius 1 is 1.21 bits per heavy atom. The highest BCUT2D eigenvalue weighted by Crippen LogP contribution is 2.23. The lowest BCUT2D eigenvalue weighted by atomic mass is 9.96. The molecule has 4 heteroatoms. The van der Waals surface area contributed by atoms with Crippen LogP contribution in [0.15, 0.2) is 48.5 Å². The first-order valence-corrected chi connectivity index (χ1v) is 8.30. The van der Waals surface area contributed by atoms with Gasteiger partial charge in [0, 0.05) is 5.69 Å². The molecule has 1 unspecified atom stereocenters. The standard InChI is InChI=1S/C20H26N2O2/c1-4-12-20(3,21)19(23)22-18-11-10-17(13-15(18)2)24-14-16-8-6-5-7-9-16/h5-11,13H,4,12,14,21H2,1-3H3,(H,22,23). The maximum Gasteiger partial charge on any atom is 0.244 e. The summed E-state index contributed by atoms with van der Waals surface area (Å²) in [6.45, 7) is 6.24. The summed E-state index contributed by atoms with van der Waals surface area (Å²) in [7, 11) is 0. The Balaban J connectivity index is 2.00. The third kappa shape index (κ3) is 4.83. The summed E-state index contributed by atoms with van der Waals surface area (Å²) in [6, 6.07) is 15.6. The molecule has 0 fully saturated rings. The average molecular weight is 326 g/mol. The molecular weight excluding hydrogens is 300 g/mol. The van der Waals surface area contributed by atoms with Crippen LogP contribution in [0.3, 0.4) is 0 Å². The monoisotopic (exact) mass is 326 g/mol. The molecule has 128 valence electrons. The van der Waals surface area contributed by atoms with Crippen molar-refractivity contribution in [3.05, 3.63) is 59.7 Å². The number of nitrogens with two attached hydrogens (primary N) is 1. The van der Waals surface area contributed by atoms with Gasteiger partial charge in [-0.15, -0.1) is 0 Å². The SMILES string of the molecule is CCCC(C)(N)C(=O)Nc1ccc(OCc2ccccc2)cc1C. The fraction of sp³-hybridized carbons (Fsp3) is 0.350. The molecule has 0 aliphatic rings. The highest BCUT2D eigenvalue weighted by molar-refractivity contribution is 5.98. The number of hydrogen-bond donors (Lipinski definition) is 2. The van der Waals surface area contributed by atoms with Gasteiger partial charge in [-0.05, 0) is 49.6 Å². The second-order valence-corrected chi connectivity index (χ2v) is 6.37. The number of anilines is 1. The fourth-order valence-electron chi connectivity index (χ4n) is 2.51. The van der Waals surface area contributed by atoms with Crippen LogP contribution in [-0.2, 0) is 11.4 Å². The maximum atomic E-state index is 12.3. The molecule has 0 spiro atoms. The van der Waals surface area contributed by atoms with Gasteiger partial charge in [0.2, 0.25) is 5.91 Å². The van der Waals surface area contributed by atoms with Crippen molar-refractivity contribution in [2.45, 2.75) is 45.8 Å². The van der Waals surface area contributed by atoms with Crippen LogP contribution >= 0.6 is 0 Å². The largest absolute Gasteiger partial charge is 0.489 e. The Labute approximate surface area is 144 Å². The first-order chi connectivity index (χ1) is 11.4. The smallest absolute Gasteiger partial charge is 0.244 e. The van der Waals surface area contributed by atoms with E-state index >= 15 is 0 Å². The number of nitrogens with one attached hydrogen (secondary N) is 1. The second-order valence-electron chi connectivity index (χ2n) is 6.37. The van der Waals surface area contributed by atoms with E-state index in [1.165, 1.54) is 0 Å². The van der Waals surface area contributed by atoms with Crippen LogP contribution in [0.5, 0.6) is 5.75 Å². The first kappa shape index (κ1) is 18.0. The second kappa shape index (κ2) is 7.97. The third-order valence-electron chi connectivity index (χ3n) is 3.98. The minimum absolute atomic E-state index is 0.162. The number of carbonyl (C=O) groups excluding carboxylic acids is 1. The van der Waals surface area contributed by atoms with Crippen LogP contribution in [0, 0.1) is 6.92 Å². The summed E-state index contributed by atoms with van der Waals surface area (Å²) in [5.41, 5.74) is 8.04. The molecule has 4 nitrogen and oxygen atoms in total. The number of hydrogen-bond acceptors (Lipinski definition) is 3. The minimum atomic E-state index is -0.857. The van der Waals surface area contributed by atoms with Crippen LogP contribution in [0.4, 0.5) is 5.69 Å². The van der Waals surface area contributed by atoms with Gasteiger partial charge in [-0.25, -0.2) is 0 Å². The van der Waals surface area contributed by atoms with E-state index in [2.05, 4.69) is 5.32 Å². The molecule has 1 atom stereocenters. The summed E-state index contributed by atoms with van der Waals surface area (Å²) < 4.78 is 5.80. The normalized spacial score (nSPS) is 13.2. The molecular formula is C20H26N2O2. The van der Waals surface area contributed by atoms with Crippen LogP contribution < -0.4 is 15.8 Å². The number of benzene rings is 2. The van der Waals surface area contributed by atoms with Gasteiger partial charge in [-0.2, -0.15) is 0 Å². The summed E-state index contributed by atoms with van der Waals surface area (Å²) in [5, 5.41) is 2.92. The molecule has 0 heterocycles. The molecule has 2 rings (SSSR count). The van der Waals surface area contributed by atoms with E-state index in [0.717, 1.165) is 29.0 Å². The number of rotatable bonds is 7. The van der Waals surface area contributed by atoms with E-state index in [9.17, 15) is 4.79 Å². The van der Waals surface area contributed by atoms with E-state index in [1.54, 1.807) is 6.92 Å². The Morgan fingerprint density at radius 2 is 1.92 bits per heavy atom. The van der Waals surface area contributed by atoms with E-state index in [0.29, 0.717) is 13.0 Å². The van der Waals surface area contributed by atoms with Crippen molar-refractivity contribution < 1.29 is 9.53 Å². The lowest BCUT2D eigenvalue weighted by Gasteiger charge is -2.23. The Morgan fingerprint density at radius 3 is 2.54 bits per heavy atom. The molecule has 2 aromatic carbocycles. The molecule has 0 radical (unpaired) electrons. The number of amides is 1. The summed E-state index contributed by atoms with van der Waals surface area (Å²) in [4.78, 5) is 12.3. The highest BCUT2D eigenvalue weighted by Gasteiger charge is 2.27. The van der Waals surface area contributed by atoms with Gasteiger partial charge in [0.1, 0.15) is 12.4 Å². The lowest BCUT2D eigenvalue weighted by molar-refractivity contribution is -0.120. The molecule has 1 amide bonds. The van der Waals surface area contributed by atoms with E-state index in [4.69, 9.17) is 10.5 Å². The van der Waals surface area contributed by atoms with Gasteiger partial charge in [0.15, 0.2) is 0 Å². The van der Waals surface area contributed by atoms with Crippen LogP contribution in [-0.4, -0.2) is 11.4 Å². The van der Waals surface area contributed by atoms with E-state index in [1.807, 2.05) is 62.4 Å². The van der Waals surface area contributed by atoms with Crippen molar-refractivity contribution in [3.8, 4) is 5.75 Å². The van der Waals surface area contributed by atoms with Crippen LogP contribution in [0.25, 0.3) is 0 Å². The number of ether oxygens (including phenoxy) is 1. The molecule has 0 saturated carbocycles. The minimum Gasteiger partial charge on any atom is -0.489 e. The maximum absolute atomic E-state index is 12.3. The Kier molecular flexibility index (Phi) is 5.99. The predicted octanol–water partition coefficient (Wildman–Crippen LogP) is 4.03. The fourth-order valence-corrected chi connectivity index (χ4v) is 2.51. The van der Waals surface area contributed by atoms with Crippen molar-refractivity contribution >= 4 is 11.6 Å². The molecule has 24 heavy (non-hydrogen) atoms. The van der Waals surface area contributed by atoms with Gasteiger partial charge in [0.25, 0.3) is 0 Å². The van der Waals surface area contributed by atoms with Crippen LogP contribution in [0.1, 0.15) is 37.8 Å². The zero-order chi connectivity index (χ0) is 17.6. The van der Waals surface area contributed by atoms with E-state index in [-0.39, 0.29) is 5.91 Å². The zero-order valence-corrected chi connectivity index (χ0v) is 14.6. The first-order valence-electron chi connectivity index (χ1n) is 8.30. The topological polar surface area (TPSA) is 64.4 Å². The van der Waals surface area contributed by atoms with Crippen molar-refractivity contribution in [1.82, 2.24) is 0 Å². The molecule has 0 bridgehead atoms. The molecule has 0 saturated heterocycles. The van der Waals surface area contributed by atoms with Crippen molar-refractivity contribution in [3.63, 3.8) is 0 Å². The van der Waals surface area contributed by atoms with Gasteiger partial charge in [0.05, 0.1) is 5.54 Å². The van der Waals surface area contributed by atoms with Crippen molar-refractivity contribution in [1.29, 1.82) is 0 Å². The average Bonchev–Trinajstić information content (AvgIpc) is 2.56. The summed E-state index contributed by atoms with van der Waals surface area (Å²) in [5.74, 6) is 0.615. The predicted molar refractivity (Wildman–Crippen MR) is 98.1 cm³/mol. The highest BCUT2D eigenvalue weighted by atomic mass is 16.5. The van der Waals surface area contributed by atoms with Gasteiger partial charge in [-0.1, -0.05) is 43.7 Å². The molecule has 3 N–H and O–H groups in total. The third-order valence-corrected chi connectivity index (χ3v) is 3.98.